The highest BCUT2D eigenvalue weighted by molar-refractivity contribution is 5.97. The Morgan fingerprint density at radius 1 is 1.03 bits per heavy atom. The smallest absolute Gasteiger partial charge is 0.255 e. The van der Waals surface area contributed by atoms with Crippen LogP contribution in [0.5, 0.6) is 0 Å². The molecule has 0 bridgehead atoms. The van der Waals surface area contributed by atoms with Gasteiger partial charge in [0.05, 0.1) is 12.2 Å². The van der Waals surface area contributed by atoms with Crippen molar-refractivity contribution in [2.24, 2.45) is 5.92 Å². The number of hydrogen-bond donors (Lipinski definition) is 3. The summed E-state index contributed by atoms with van der Waals surface area (Å²) < 4.78 is 0. The lowest BCUT2D eigenvalue weighted by molar-refractivity contribution is -0.117. The molecular weight excluding hydrogens is 416 g/mol. The molecule has 1 fully saturated rings. The lowest BCUT2D eigenvalue weighted by Gasteiger charge is -2.07. The van der Waals surface area contributed by atoms with Gasteiger partial charge in [0.15, 0.2) is 0 Å². The maximum Gasteiger partial charge on any atom is 0.255 e. The van der Waals surface area contributed by atoms with Gasteiger partial charge in [0.25, 0.3) is 11.5 Å². The van der Waals surface area contributed by atoms with Crippen LogP contribution in [0.3, 0.4) is 0 Å². The van der Waals surface area contributed by atoms with Crippen LogP contribution in [0.4, 0.5) is 5.69 Å². The van der Waals surface area contributed by atoms with Gasteiger partial charge in [0, 0.05) is 34.9 Å². The van der Waals surface area contributed by atoms with Gasteiger partial charge in [-0.25, -0.2) is 0 Å². The van der Waals surface area contributed by atoms with Gasteiger partial charge in [-0.3, -0.25) is 19.4 Å². The average molecular weight is 438 g/mol. The number of aromatic nitrogens is 2. The first-order chi connectivity index (χ1) is 16.1. The Kier molecular flexibility index (Phi) is 5.44. The van der Waals surface area contributed by atoms with Gasteiger partial charge in [0.1, 0.15) is 0 Å². The van der Waals surface area contributed by atoms with Crippen molar-refractivity contribution in [2.45, 2.75) is 18.9 Å². The molecule has 1 aliphatic carbocycles. The van der Waals surface area contributed by atoms with Crippen LogP contribution in [0.15, 0.2) is 83.9 Å². The van der Waals surface area contributed by atoms with Crippen molar-refractivity contribution in [1.29, 1.82) is 0 Å². The number of anilines is 1. The second-order valence-corrected chi connectivity index (χ2v) is 8.17. The van der Waals surface area contributed by atoms with Crippen LogP contribution in [-0.4, -0.2) is 21.8 Å². The van der Waals surface area contributed by atoms with E-state index in [4.69, 9.17) is 0 Å². The molecule has 164 valence electrons. The number of nitrogens with zero attached hydrogens (tertiary/aromatic N) is 1. The SMILES string of the molecule is O=C(NCc1ccccn1)c1ccc(C2CC2C(=O)Nc2ccc3c(=O)[nH]ccc3c2)cc1. The maximum absolute atomic E-state index is 12.7. The van der Waals surface area contributed by atoms with Gasteiger partial charge in [-0.2, -0.15) is 0 Å². The number of hydrogen-bond acceptors (Lipinski definition) is 4. The molecule has 2 unspecified atom stereocenters. The molecule has 2 aromatic heterocycles. The van der Waals surface area contributed by atoms with E-state index in [0.29, 0.717) is 23.2 Å². The van der Waals surface area contributed by atoms with E-state index in [9.17, 15) is 14.4 Å². The third-order valence-corrected chi connectivity index (χ3v) is 5.93. The number of pyridine rings is 2. The van der Waals surface area contributed by atoms with Crippen LogP contribution in [0, 0.1) is 5.92 Å². The molecule has 3 N–H and O–H groups in total. The Labute approximate surface area is 189 Å². The lowest BCUT2D eigenvalue weighted by atomic mass is 10.1. The Morgan fingerprint density at radius 3 is 2.67 bits per heavy atom. The molecule has 0 spiro atoms. The maximum atomic E-state index is 12.7. The standard InChI is InChI=1S/C26H22N4O3/c31-24(29-15-20-3-1-2-11-27-20)17-6-4-16(5-7-17)22-14-23(22)26(33)30-19-8-9-21-18(13-19)10-12-28-25(21)32/h1-13,22-23H,14-15H2,(H,28,32)(H,29,31)(H,30,33). The number of amides is 2. The van der Waals surface area contributed by atoms with Gasteiger partial charge < -0.3 is 15.6 Å². The van der Waals surface area contributed by atoms with E-state index < -0.39 is 0 Å². The van der Waals surface area contributed by atoms with Crippen molar-refractivity contribution in [3.63, 3.8) is 0 Å². The topological polar surface area (TPSA) is 104 Å². The van der Waals surface area contributed by atoms with Crippen LogP contribution >= 0.6 is 0 Å². The van der Waals surface area contributed by atoms with Crippen LogP contribution in [0.1, 0.15) is 34.0 Å². The highest BCUT2D eigenvalue weighted by atomic mass is 16.2. The fraction of sp³-hybridized carbons (Fsp3) is 0.154. The second-order valence-electron chi connectivity index (χ2n) is 8.17. The Balaban J connectivity index is 1.18. The summed E-state index contributed by atoms with van der Waals surface area (Å²) in [6.45, 7) is 0.370. The monoisotopic (exact) mass is 438 g/mol. The number of rotatable bonds is 6. The number of H-pyrrole nitrogens is 1. The van der Waals surface area contributed by atoms with Crippen molar-refractivity contribution in [1.82, 2.24) is 15.3 Å². The molecule has 0 radical (unpaired) electrons. The second kappa shape index (κ2) is 8.70. The number of nitrogens with one attached hydrogen (secondary N) is 3. The normalized spacial score (nSPS) is 16.8. The predicted molar refractivity (Wildman–Crippen MR) is 126 cm³/mol. The van der Waals surface area contributed by atoms with Gasteiger partial charge in [-0.15, -0.1) is 0 Å². The highest BCUT2D eigenvalue weighted by Crippen LogP contribution is 2.48. The molecule has 0 saturated heterocycles. The summed E-state index contributed by atoms with van der Waals surface area (Å²) in [7, 11) is 0. The van der Waals surface area contributed by atoms with Gasteiger partial charge in [-0.05, 0) is 71.8 Å². The minimum atomic E-state index is -0.160. The zero-order valence-electron chi connectivity index (χ0n) is 17.7. The van der Waals surface area contributed by atoms with Gasteiger partial charge in [-0.1, -0.05) is 18.2 Å². The van der Waals surface area contributed by atoms with E-state index in [-0.39, 0.29) is 29.2 Å². The predicted octanol–water partition coefficient (Wildman–Crippen LogP) is 3.60. The molecule has 0 aliphatic heterocycles. The van der Waals surface area contributed by atoms with Crippen LogP contribution in [0.25, 0.3) is 10.8 Å². The average Bonchev–Trinajstić information content (AvgIpc) is 3.65. The molecule has 33 heavy (non-hydrogen) atoms. The number of carbonyl (C=O) groups is 2. The third kappa shape index (κ3) is 4.52. The molecule has 2 aromatic carbocycles. The first kappa shape index (κ1) is 20.6. The Hall–Kier alpha value is -4.26. The lowest BCUT2D eigenvalue weighted by Crippen LogP contribution is -2.23. The van der Waals surface area contributed by atoms with E-state index in [1.165, 1.54) is 0 Å². The van der Waals surface area contributed by atoms with Crippen LogP contribution in [0.2, 0.25) is 0 Å². The van der Waals surface area contributed by atoms with E-state index in [0.717, 1.165) is 23.1 Å². The first-order valence-corrected chi connectivity index (χ1v) is 10.8. The van der Waals surface area contributed by atoms with Crippen molar-refractivity contribution >= 4 is 28.3 Å². The minimum absolute atomic E-state index is 0.0404. The van der Waals surface area contributed by atoms with Crippen LogP contribution < -0.4 is 16.2 Å². The third-order valence-electron chi connectivity index (χ3n) is 5.93. The molecule has 2 heterocycles. The quantitative estimate of drug-likeness (QED) is 0.428. The van der Waals surface area contributed by atoms with Crippen molar-refractivity contribution < 1.29 is 9.59 Å². The molecule has 5 rings (SSSR count). The summed E-state index contributed by atoms with van der Waals surface area (Å²) >= 11 is 0. The Bertz CT molecular complexity index is 1380. The summed E-state index contributed by atoms with van der Waals surface area (Å²) in [4.78, 5) is 43.8. The fourth-order valence-corrected chi connectivity index (χ4v) is 4.02. The van der Waals surface area contributed by atoms with E-state index >= 15 is 0 Å². The number of carbonyl (C=O) groups excluding carboxylic acids is 2. The molecule has 2 amide bonds. The van der Waals surface area contributed by atoms with Gasteiger partial charge in [0.2, 0.25) is 5.91 Å². The number of fused-ring (bicyclic) bond motifs is 1. The zero-order valence-corrected chi connectivity index (χ0v) is 17.7. The molecule has 1 aliphatic rings. The minimum Gasteiger partial charge on any atom is -0.346 e. The molecule has 1 saturated carbocycles. The van der Waals surface area contributed by atoms with Crippen molar-refractivity contribution in [3.05, 3.63) is 106 Å². The fourth-order valence-electron chi connectivity index (χ4n) is 4.02. The molecule has 4 aromatic rings. The Morgan fingerprint density at radius 2 is 1.88 bits per heavy atom. The number of benzene rings is 2. The van der Waals surface area contributed by atoms with Crippen molar-refractivity contribution in [3.8, 4) is 0 Å². The first-order valence-electron chi connectivity index (χ1n) is 10.8. The molecular formula is C26H22N4O3. The number of aromatic amines is 1. The summed E-state index contributed by atoms with van der Waals surface area (Å²) in [5.74, 6) is -0.170. The van der Waals surface area contributed by atoms with Crippen LogP contribution in [-0.2, 0) is 11.3 Å². The van der Waals surface area contributed by atoms with Gasteiger partial charge >= 0.3 is 0 Å². The molecule has 2 atom stereocenters. The zero-order chi connectivity index (χ0) is 22.8. The van der Waals surface area contributed by atoms with E-state index in [1.54, 1.807) is 48.8 Å². The summed E-state index contributed by atoms with van der Waals surface area (Å²) in [5, 5.41) is 7.18. The highest BCUT2D eigenvalue weighted by Gasteiger charge is 2.43. The summed E-state index contributed by atoms with van der Waals surface area (Å²) in [6, 6.07) is 20.0. The molecule has 7 nitrogen and oxygen atoms in total. The largest absolute Gasteiger partial charge is 0.346 e. The summed E-state index contributed by atoms with van der Waals surface area (Å²) in [5.41, 5.74) is 2.93. The van der Waals surface area contributed by atoms with E-state index in [1.807, 2.05) is 30.3 Å². The molecule has 7 heteroatoms. The van der Waals surface area contributed by atoms with Crippen molar-refractivity contribution in [2.75, 3.05) is 5.32 Å². The summed E-state index contributed by atoms with van der Waals surface area (Å²) in [6.07, 6.45) is 4.06. The van der Waals surface area contributed by atoms with E-state index in [2.05, 4.69) is 20.6 Å².